The zero-order valence-corrected chi connectivity index (χ0v) is 11.3. The molecule has 1 aromatic carbocycles. The smallest absolute Gasteiger partial charge is 0.195 e. The summed E-state index contributed by atoms with van der Waals surface area (Å²) in [5.74, 6) is 2.28. The van der Waals surface area contributed by atoms with Gasteiger partial charge in [0.25, 0.3) is 0 Å². The van der Waals surface area contributed by atoms with E-state index < -0.39 is 0 Å². The van der Waals surface area contributed by atoms with Crippen molar-refractivity contribution in [3.05, 3.63) is 24.1 Å². The largest absolute Gasteiger partial charge is 0.493 e. The van der Waals surface area contributed by atoms with E-state index in [2.05, 4.69) is 10.3 Å². The predicted molar refractivity (Wildman–Crippen MR) is 74.5 cm³/mol. The van der Waals surface area contributed by atoms with E-state index in [9.17, 15) is 0 Å². The molecule has 1 aliphatic heterocycles. The summed E-state index contributed by atoms with van der Waals surface area (Å²) in [5, 5.41) is 3.40. The first-order valence-corrected chi connectivity index (χ1v) is 7.08. The average Bonchev–Trinajstić information content (AvgIpc) is 2.88. The normalized spacial score (nSPS) is 19.7. The zero-order valence-electron chi connectivity index (χ0n) is 11.3. The molecule has 0 saturated carbocycles. The van der Waals surface area contributed by atoms with Crippen molar-refractivity contribution in [1.29, 1.82) is 0 Å². The lowest BCUT2D eigenvalue weighted by Gasteiger charge is -2.22. The lowest BCUT2D eigenvalue weighted by molar-refractivity contribution is 0.218. The molecule has 1 unspecified atom stereocenters. The van der Waals surface area contributed by atoms with Crippen LogP contribution in [0.4, 0.5) is 0 Å². The fourth-order valence-electron chi connectivity index (χ4n) is 2.48. The second kappa shape index (κ2) is 5.61. The molecular weight excluding hydrogens is 240 g/mol. The van der Waals surface area contributed by atoms with Crippen LogP contribution in [0.25, 0.3) is 11.1 Å². The van der Waals surface area contributed by atoms with Crippen molar-refractivity contribution in [2.75, 3.05) is 19.7 Å². The van der Waals surface area contributed by atoms with E-state index in [1.54, 1.807) is 0 Å². The van der Waals surface area contributed by atoms with Gasteiger partial charge in [-0.05, 0) is 31.5 Å². The van der Waals surface area contributed by atoms with Gasteiger partial charge in [0.2, 0.25) is 0 Å². The quantitative estimate of drug-likeness (QED) is 0.918. The third-order valence-corrected chi connectivity index (χ3v) is 3.59. The summed E-state index contributed by atoms with van der Waals surface area (Å²) in [6.45, 7) is 5.02. The van der Waals surface area contributed by atoms with Crippen LogP contribution in [0.1, 0.15) is 25.7 Å². The van der Waals surface area contributed by atoms with Crippen LogP contribution < -0.4 is 10.1 Å². The summed E-state index contributed by atoms with van der Waals surface area (Å²) >= 11 is 0. The molecule has 19 heavy (non-hydrogen) atoms. The molecule has 1 aliphatic rings. The van der Waals surface area contributed by atoms with E-state index in [1.807, 2.05) is 25.1 Å². The van der Waals surface area contributed by atoms with Crippen LogP contribution in [0.5, 0.6) is 5.75 Å². The summed E-state index contributed by atoms with van der Waals surface area (Å²) in [4.78, 5) is 4.43. The second-order valence-electron chi connectivity index (χ2n) is 5.11. The number of benzene rings is 1. The topological polar surface area (TPSA) is 47.3 Å². The molecule has 3 rings (SSSR count). The van der Waals surface area contributed by atoms with Crippen LogP contribution in [0, 0.1) is 5.92 Å². The maximum Gasteiger partial charge on any atom is 0.195 e. The first-order chi connectivity index (χ1) is 9.35. The van der Waals surface area contributed by atoms with Crippen LogP contribution in [0.2, 0.25) is 0 Å². The molecule has 4 nitrogen and oxygen atoms in total. The van der Waals surface area contributed by atoms with Crippen LogP contribution in [-0.2, 0) is 6.42 Å². The third-order valence-electron chi connectivity index (χ3n) is 3.59. The number of nitrogens with zero attached hydrogens (tertiary/aromatic N) is 1. The minimum absolute atomic E-state index is 0.618. The molecule has 102 valence electrons. The summed E-state index contributed by atoms with van der Waals surface area (Å²) in [6.07, 6.45) is 3.31. The minimum Gasteiger partial charge on any atom is -0.493 e. The van der Waals surface area contributed by atoms with Gasteiger partial charge in [0.1, 0.15) is 11.3 Å². The van der Waals surface area contributed by atoms with Crippen molar-refractivity contribution in [2.24, 2.45) is 5.92 Å². The fraction of sp³-hybridized carbons (Fsp3) is 0.533. The summed E-state index contributed by atoms with van der Waals surface area (Å²) < 4.78 is 11.5. The van der Waals surface area contributed by atoms with Crippen molar-refractivity contribution in [3.63, 3.8) is 0 Å². The number of hydrogen-bond donors (Lipinski definition) is 1. The molecule has 0 amide bonds. The van der Waals surface area contributed by atoms with Crippen molar-refractivity contribution < 1.29 is 9.15 Å². The van der Waals surface area contributed by atoms with Gasteiger partial charge < -0.3 is 14.5 Å². The fourth-order valence-corrected chi connectivity index (χ4v) is 2.48. The number of oxazole rings is 1. The van der Waals surface area contributed by atoms with E-state index in [0.717, 1.165) is 48.9 Å². The van der Waals surface area contributed by atoms with Gasteiger partial charge in [0.15, 0.2) is 11.5 Å². The lowest BCUT2D eigenvalue weighted by Crippen LogP contribution is -2.33. The maximum atomic E-state index is 5.87. The van der Waals surface area contributed by atoms with Gasteiger partial charge in [-0.15, -0.1) is 0 Å². The van der Waals surface area contributed by atoms with Crippen molar-refractivity contribution in [3.8, 4) is 5.75 Å². The SMILES string of the molecule is CCc1nc2cc(OCC3CCCNC3)ccc2o1. The Morgan fingerprint density at radius 3 is 3.21 bits per heavy atom. The lowest BCUT2D eigenvalue weighted by atomic mass is 10.0. The van der Waals surface area contributed by atoms with Gasteiger partial charge in [-0.3, -0.25) is 0 Å². The molecule has 0 aliphatic carbocycles. The second-order valence-corrected chi connectivity index (χ2v) is 5.11. The van der Waals surface area contributed by atoms with E-state index in [1.165, 1.54) is 12.8 Å². The number of aromatic nitrogens is 1. The Kier molecular flexibility index (Phi) is 3.69. The average molecular weight is 260 g/mol. The summed E-state index contributed by atoms with van der Waals surface area (Å²) in [5.41, 5.74) is 1.72. The molecule has 1 atom stereocenters. The first kappa shape index (κ1) is 12.5. The molecule has 1 N–H and O–H groups in total. The van der Waals surface area contributed by atoms with Crippen LogP contribution in [0.3, 0.4) is 0 Å². The third kappa shape index (κ3) is 2.89. The highest BCUT2D eigenvalue weighted by Gasteiger charge is 2.14. The molecule has 0 spiro atoms. The number of fused-ring (bicyclic) bond motifs is 1. The number of hydrogen-bond acceptors (Lipinski definition) is 4. The highest BCUT2D eigenvalue weighted by Crippen LogP contribution is 2.22. The van der Waals surface area contributed by atoms with Gasteiger partial charge in [-0.2, -0.15) is 0 Å². The van der Waals surface area contributed by atoms with Crippen LogP contribution in [-0.4, -0.2) is 24.7 Å². The molecule has 0 bridgehead atoms. The molecule has 2 aromatic rings. The number of ether oxygens (including phenoxy) is 1. The number of piperidine rings is 1. The molecule has 1 aromatic heterocycles. The Morgan fingerprint density at radius 1 is 1.47 bits per heavy atom. The van der Waals surface area contributed by atoms with E-state index >= 15 is 0 Å². The number of aryl methyl sites for hydroxylation is 1. The van der Waals surface area contributed by atoms with Crippen molar-refractivity contribution >= 4 is 11.1 Å². The maximum absolute atomic E-state index is 5.87. The standard InChI is InChI=1S/C15H20N2O2/c1-2-15-17-13-8-12(5-6-14(13)19-15)18-10-11-4-3-7-16-9-11/h5-6,8,11,16H,2-4,7,9-10H2,1H3. The zero-order chi connectivity index (χ0) is 13.1. The molecule has 1 saturated heterocycles. The van der Waals surface area contributed by atoms with Gasteiger partial charge in [0, 0.05) is 24.9 Å². The van der Waals surface area contributed by atoms with Gasteiger partial charge in [0.05, 0.1) is 6.61 Å². The van der Waals surface area contributed by atoms with Gasteiger partial charge in [-0.1, -0.05) is 6.92 Å². The predicted octanol–water partition coefficient (Wildman–Crippen LogP) is 2.77. The highest BCUT2D eigenvalue weighted by molar-refractivity contribution is 5.74. The molecular formula is C15H20N2O2. The highest BCUT2D eigenvalue weighted by atomic mass is 16.5. The number of rotatable bonds is 4. The van der Waals surface area contributed by atoms with Crippen molar-refractivity contribution in [2.45, 2.75) is 26.2 Å². The monoisotopic (exact) mass is 260 g/mol. The van der Waals surface area contributed by atoms with E-state index in [0.29, 0.717) is 5.92 Å². The minimum atomic E-state index is 0.618. The Labute approximate surface area is 113 Å². The Hall–Kier alpha value is -1.55. The number of nitrogens with one attached hydrogen (secondary N) is 1. The van der Waals surface area contributed by atoms with Gasteiger partial charge >= 0.3 is 0 Å². The summed E-state index contributed by atoms with van der Waals surface area (Å²) in [7, 11) is 0. The first-order valence-electron chi connectivity index (χ1n) is 7.08. The van der Waals surface area contributed by atoms with Crippen molar-refractivity contribution in [1.82, 2.24) is 10.3 Å². The molecule has 2 heterocycles. The summed E-state index contributed by atoms with van der Waals surface area (Å²) in [6, 6.07) is 5.87. The van der Waals surface area contributed by atoms with Crippen LogP contribution >= 0.6 is 0 Å². The molecule has 1 fully saturated rings. The molecule has 4 heteroatoms. The Balaban J connectivity index is 1.66. The molecule has 0 radical (unpaired) electrons. The van der Waals surface area contributed by atoms with Gasteiger partial charge in [-0.25, -0.2) is 4.98 Å². The van der Waals surface area contributed by atoms with E-state index in [4.69, 9.17) is 9.15 Å². The Morgan fingerprint density at radius 2 is 2.42 bits per heavy atom. The van der Waals surface area contributed by atoms with E-state index in [-0.39, 0.29) is 0 Å². The Bertz CT molecular complexity index is 544. The van der Waals surface area contributed by atoms with Crippen LogP contribution in [0.15, 0.2) is 22.6 Å².